The normalized spacial score (nSPS) is 12.1. The molecule has 0 aliphatic carbocycles. The van der Waals surface area contributed by atoms with E-state index in [2.05, 4.69) is 20.9 Å². The van der Waals surface area contributed by atoms with Crippen molar-refractivity contribution in [3.05, 3.63) is 110 Å². The average Bonchev–Trinajstić information content (AvgIpc) is 2.90. The van der Waals surface area contributed by atoms with Crippen LogP contribution in [0.5, 0.6) is 5.88 Å². The largest absolute Gasteiger partial charge is 0.480 e. The highest BCUT2D eigenvalue weighted by Crippen LogP contribution is 2.31. The van der Waals surface area contributed by atoms with Gasteiger partial charge in [-0.3, -0.25) is 14.4 Å². The number of hydrogen-bond donors (Lipinski definition) is 3. The number of pyridine rings is 1. The zero-order chi connectivity index (χ0) is 26.6. The highest BCUT2D eigenvalue weighted by Gasteiger charge is 2.34. The molecule has 1 amide bonds. The summed E-state index contributed by atoms with van der Waals surface area (Å²) in [7, 11) is 1.47. The minimum absolute atomic E-state index is 0.0987. The quantitative estimate of drug-likeness (QED) is 0.222. The van der Waals surface area contributed by atoms with Crippen LogP contribution in [0.2, 0.25) is 0 Å². The van der Waals surface area contributed by atoms with E-state index in [1.807, 2.05) is 63.2 Å². The molecular weight excluding hydrogens is 468 g/mol. The maximum atomic E-state index is 13.2. The Labute approximate surface area is 215 Å². The number of rotatable bonds is 10. The molecule has 4 rings (SSSR count). The molecule has 1 aromatic heterocycles. The van der Waals surface area contributed by atoms with Gasteiger partial charge in [0.1, 0.15) is 23.2 Å². The fourth-order valence-electron chi connectivity index (χ4n) is 4.23. The first-order chi connectivity index (χ1) is 17.7. The summed E-state index contributed by atoms with van der Waals surface area (Å²) in [5.74, 6) is -0.000296. The second kappa shape index (κ2) is 10.7. The number of methoxy groups -OCH3 is 1. The van der Waals surface area contributed by atoms with E-state index in [0.29, 0.717) is 17.7 Å². The van der Waals surface area contributed by atoms with Gasteiger partial charge in [-0.15, -0.1) is 0 Å². The van der Waals surface area contributed by atoms with Crippen molar-refractivity contribution in [3.8, 4) is 5.88 Å². The molecule has 1 atom stereocenters. The number of amides is 1. The number of hydrogen-bond acceptors (Lipinski definition) is 7. The first-order valence-electron chi connectivity index (χ1n) is 12.0. The van der Waals surface area contributed by atoms with Gasteiger partial charge in [-0.25, -0.2) is 4.98 Å². The Morgan fingerprint density at radius 2 is 1.70 bits per heavy atom. The van der Waals surface area contributed by atoms with Crippen LogP contribution >= 0.6 is 0 Å². The Morgan fingerprint density at radius 3 is 2.41 bits per heavy atom. The van der Waals surface area contributed by atoms with Crippen LogP contribution in [0.25, 0.3) is 0 Å². The first kappa shape index (κ1) is 25.6. The van der Waals surface area contributed by atoms with Crippen LogP contribution in [0.1, 0.15) is 35.3 Å². The third kappa shape index (κ3) is 5.69. The topological polar surface area (TPSA) is 109 Å². The van der Waals surface area contributed by atoms with E-state index in [0.717, 1.165) is 11.1 Å². The van der Waals surface area contributed by atoms with Gasteiger partial charge in [0.15, 0.2) is 0 Å². The number of carbonyl (C=O) groups is 1. The summed E-state index contributed by atoms with van der Waals surface area (Å²) in [6.07, 6.45) is 1.49. The number of aryl methyl sites for hydroxylation is 1. The summed E-state index contributed by atoms with van der Waals surface area (Å²) in [6.45, 7) is 5.91. The van der Waals surface area contributed by atoms with Crippen molar-refractivity contribution < 1.29 is 9.53 Å². The van der Waals surface area contributed by atoms with Crippen molar-refractivity contribution in [1.82, 2.24) is 10.3 Å². The second-order valence-corrected chi connectivity index (χ2v) is 9.66. The van der Waals surface area contributed by atoms with Gasteiger partial charge in [-0.2, -0.15) is 0 Å². The molecule has 1 unspecified atom stereocenters. The lowest BCUT2D eigenvalue weighted by Crippen LogP contribution is -2.53. The Kier molecular flexibility index (Phi) is 7.38. The van der Waals surface area contributed by atoms with Gasteiger partial charge in [0, 0.05) is 17.2 Å². The zero-order valence-electron chi connectivity index (χ0n) is 21.3. The standard InChI is InChI=1S/C29H30N4O4/c1-18-10-8-13-20(16-18)26(36)33-28(29(2,3)17-19-11-6-5-7-12-19)32-23-22(24(34)25(23)35)31-21-14-9-15-30-27(21)37-4/h5-16,28,31-32H,17H2,1-4H3,(H,33,36). The molecule has 0 bridgehead atoms. The lowest BCUT2D eigenvalue weighted by atomic mass is 9.82. The molecule has 37 heavy (non-hydrogen) atoms. The summed E-state index contributed by atoms with van der Waals surface area (Å²) in [6, 6.07) is 20.6. The molecule has 0 aliphatic rings. The van der Waals surface area contributed by atoms with Crippen molar-refractivity contribution in [2.24, 2.45) is 5.41 Å². The number of benzene rings is 2. The molecule has 8 nitrogen and oxygen atoms in total. The molecule has 3 N–H and O–H groups in total. The Bertz CT molecular complexity index is 1470. The monoisotopic (exact) mass is 498 g/mol. The van der Waals surface area contributed by atoms with Gasteiger partial charge in [0.25, 0.3) is 16.8 Å². The van der Waals surface area contributed by atoms with E-state index in [-0.39, 0.29) is 23.2 Å². The maximum absolute atomic E-state index is 13.2. The molecule has 0 saturated heterocycles. The number of nitrogens with zero attached hydrogens (tertiary/aromatic N) is 1. The fourth-order valence-corrected chi connectivity index (χ4v) is 4.23. The number of aromatic nitrogens is 1. The summed E-state index contributed by atoms with van der Waals surface area (Å²) < 4.78 is 5.26. The van der Waals surface area contributed by atoms with E-state index in [1.165, 1.54) is 7.11 Å². The molecule has 4 aromatic rings. The van der Waals surface area contributed by atoms with E-state index in [1.54, 1.807) is 30.5 Å². The highest BCUT2D eigenvalue weighted by atomic mass is 16.5. The SMILES string of the molecule is COc1ncccc1Nc1c(NC(NC(=O)c2cccc(C)c2)C(C)(C)Cc2ccccc2)c(=O)c1=O. The Morgan fingerprint density at radius 1 is 0.973 bits per heavy atom. The molecule has 190 valence electrons. The average molecular weight is 499 g/mol. The molecule has 3 aromatic carbocycles. The van der Waals surface area contributed by atoms with Crippen LogP contribution in [-0.2, 0) is 6.42 Å². The van der Waals surface area contributed by atoms with Crippen LogP contribution in [0.15, 0.2) is 82.5 Å². The molecule has 0 saturated carbocycles. The van der Waals surface area contributed by atoms with Crippen LogP contribution in [0, 0.1) is 12.3 Å². The number of carbonyl (C=O) groups excluding carboxylic acids is 1. The van der Waals surface area contributed by atoms with Gasteiger partial charge >= 0.3 is 0 Å². The van der Waals surface area contributed by atoms with E-state index in [4.69, 9.17) is 4.74 Å². The lowest BCUT2D eigenvalue weighted by Gasteiger charge is -2.37. The van der Waals surface area contributed by atoms with E-state index < -0.39 is 22.4 Å². The fraction of sp³-hybridized carbons (Fsp3) is 0.241. The predicted octanol–water partition coefficient (Wildman–Crippen LogP) is 4.18. The number of ether oxygens (including phenoxy) is 1. The number of nitrogens with one attached hydrogen (secondary N) is 3. The molecule has 0 aliphatic heterocycles. The van der Waals surface area contributed by atoms with Crippen molar-refractivity contribution in [2.45, 2.75) is 33.4 Å². The van der Waals surface area contributed by atoms with E-state index in [9.17, 15) is 14.4 Å². The van der Waals surface area contributed by atoms with Gasteiger partial charge in [-0.05, 0) is 43.2 Å². The van der Waals surface area contributed by atoms with Gasteiger partial charge in [-0.1, -0.05) is 61.9 Å². The van der Waals surface area contributed by atoms with Gasteiger partial charge in [0.05, 0.1) is 7.11 Å². The molecule has 0 fully saturated rings. The highest BCUT2D eigenvalue weighted by molar-refractivity contribution is 5.95. The van der Waals surface area contributed by atoms with Gasteiger partial charge < -0.3 is 20.7 Å². The van der Waals surface area contributed by atoms with Crippen LogP contribution in [0.4, 0.5) is 17.1 Å². The van der Waals surface area contributed by atoms with Crippen molar-refractivity contribution in [1.29, 1.82) is 0 Å². The zero-order valence-corrected chi connectivity index (χ0v) is 21.3. The summed E-state index contributed by atoms with van der Waals surface area (Å²) in [4.78, 5) is 42.5. The third-order valence-electron chi connectivity index (χ3n) is 6.26. The minimum Gasteiger partial charge on any atom is -0.480 e. The van der Waals surface area contributed by atoms with Crippen molar-refractivity contribution in [3.63, 3.8) is 0 Å². The third-order valence-corrected chi connectivity index (χ3v) is 6.26. The van der Waals surface area contributed by atoms with Crippen LogP contribution in [-0.4, -0.2) is 24.2 Å². The molecule has 0 spiro atoms. The molecular formula is C29H30N4O4. The summed E-state index contributed by atoms with van der Waals surface area (Å²) >= 11 is 0. The molecule has 1 heterocycles. The summed E-state index contributed by atoms with van der Waals surface area (Å²) in [5, 5.41) is 9.19. The Hall–Kier alpha value is -4.46. The smallest absolute Gasteiger partial charge is 0.253 e. The minimum atomic E-state index is -0.680. The van der Waals surface area contributed by atoms with Crippen molar-refractivity contribution >= 4 is 23.0 Å². The van der Waals surface area contributed by atoms with Gasteiger partial charge in [0.2, 0.25) is 5.88 Å². The van der Waals surface area contributed by atoms with Crippen LogP contribution < -0.4 is 31.5 Å². The van der Waals surface area contributed by atoms with Crippen LogP contribution in [0.3, 0.4) is 0 Å². The number of anilines is 3. The predicted molar refractivity (Wildman–Crippen MR) is 145 cm³/mol. The molecule has 0 radical (unpaired) electrons. The van der Waals surface area contributed by atoms with Crippen molar-refractivity contribution in [2.75, 3.05) is 17.7 Å². The first-order valence-corrected chi connectivity index (χ1v) is 12.0. The summed E-state index contributed by atoms with van der Waals surface area (Å²) in [5.41, 5.74) is 1.33. The lowest BCUT2D eigenvalue weighted by molar-refractivity contribution is 0.0906. The second-order valence-electron chi connectivity index (χ2n) is 9.66. The Balaban J connectivity index is 1.66. The molecule has 8 heteroatoms. The van der Waals surface area contributed by atoms with E-state index >= 15 is 0 Å². The maximum Gasteiger partial charge on any atom is 0.253 e.